The number of aromatic nitrogens is 8. The highest BCUT2D eigenvalue weighted by molar-refractivity contribution is 6.34. The van der Waals surface area contributed by atoms with Crippen molar-refractivity contribution in [3.05, 3.63) is 185 Å². The van der Waals surface area contributed by atoms with Gasteiger partial charge in [-0.2, -0.15) is 10.2 Å². The number of nitrogens with zero attached hydrogens (tertiary/aromatic N) is 6. The minimum Gasteiger partial charge on any atom is -0.505 e. The Morgan fingerprint density at radius 2 is 1.05 bits per heavy atom. The standard InChI is InChI=1S/C23H17FN4O.C14H10ClN3.C9H8FNO.CH4/c1-14-12-18-19(26-14)6-7-21(22(18)24)29-23-17-5-3-2-4-16(17)20(27-28-23)13-15-8-10-25-11-9-15;15-14-12-4-2-1-3-11(12)13(17-18-14)9-10-5-7-16-8-6-10;1-5-4-6-7(11-5)2-3-8(12)9(6)10;/h2-12,26H,13H2,1H3;1-8H,9H2;2-4,11-12H,1H3;1H4. The van der Waals surface area contributed by atoms with E-state index < -0.39 is 11.6 Å². The number of phenols is 1. The van der Waals surface area contributed by atoms with Crippen LogP contribution >= 0.6 is 11.6 Å². The molecule has 6 aromatic heterocycles. The second-order valence-corrected chi connectivity index (χ2v) is 14.1. The van der Waals surface area contributed by atoms with Crippen LogP contribution in [0.4, 0.5) is 8.78 Å². The van der Waals surface area contributed by atoms with Crippen LogP contribution in [0.25, 0.3) is 43.4 Å². The van der Waals surface area contributed by atoms with E-state index in [1.165, 1.54) is 6.07 Å². The van der Waals surface area contributed by atoms with Crippen molar-refractivity contribution < 1.29 is 18.6 Å². The maximum absolute atomic E-state index is 14.9. The Bertz CT molecular complexity index is 3070. The van der Waals surface area contributed by atoms with Crippen molar-refractivity contribution in [3.8, 4) is 17.4 Å². The summed E-state index contributed by atoms with van der Waals surface area (Å²) < 4.78 is 33.9. The van der Waals surface area contributed by atoms with Crippen molar-refractivity contribution in [2.45, 2.75) is 34.1 Å². The quantitative estimate of drug-likeness (QED) is 0.151. The molecule has 0 spiro atoms. The van der Waals surface area contributed by atoms with Crippen molar-refractivity contribution in [2.75, 3.05) is 0 Å². The number of aryl methyl sites for hydroxylation is 2. The van der Waals surface area contributed by atoms with Gasteiger partial charge in [0, 0.05) is 92.4 Å². The van der Waals surface area contributed by atoms with E-state index in [9.17, 15) is 8.78 Å². The molecule has 0 aliphatic carbocycles. The zero-order valence-electron chi connectivity index (χ0n) is 31.8. The van der Waals surface area contributed by atoms with E-state index in [1.54, 1.807) is 55.1 Å². The SMILES string of the molecule is C.Cc1cc2c(F)c(O)ccc2[nH]1.Cc1cc2c(F)c(Oc3nnc(Cc4ccncc4)c4ccccc34)ccc2[nH]1.Clc1nnc(Cc2ccncc2)c2ccccc12. The van der Waals surface area contributed by atoms with Gasteiger partial charge < -0.3 is 19.8 Å². The van der Waals surface area contributed by atoms with Crippen molar-refractivity contribution in [2.24, 2.45) is 0 Å². The number of halogens is 3. The first-order chi connectivity index (χ1) is 28.7. The van der Waals surface area contributed by atoms with Gasteiger partial charge in [0.1, 0.15) is 0 Å². The van der Waals surface area contributed by atoms with Gasteiger partial charge in [0.05, 0.1) is 11.4 Å². The van der Waals surface area contributed by atoms with Gasteiger partial charge in [0.2, 0.25) is 5.88 Å². The molecule has 0 atom stereocenters. The monoisotopic (exact) mass is 820 g/mol. The average molecular weight is 821 g/mol. The lowest BCUT2D eigenvalue weighted by Gasteiger charge is -2.11. The molecule has 0 bridgehead atoms. The summed E-state index contributed by atoms with van der Waals surface area (Å²) >= 11 is 6.05. The minimum atomic E-state index is -0.558. The van der Waals surface area contributed by atoms with Gasteiger partial charge in [-0.1, -0.05) is 61.5 Å². The van der Waals surface area contributed by atoms with E-state index in [2.05, 4.69) is 40.3 Å². The van der Waals surface area contributed by atoms with Crippen molar-refractivity contribution >= 4 is 55.0 Å². The van der Waals surface area contributed by atoms with Gasteiger partial charge in [0.25, 0.3) is 0 Å². The van der Waals surface area contributed by atoms with Gasteiger partial charge in [-0.25, -0.2) is 8.78 Å². The van der Waals surface area contributed by atoms with E-state index in [1.807, 2.05) is 86.6 Å². The summed E-state index contributed by atoms with van der Waals surface area (Å²) in [5.74, 6) is -0.876. The van der Waals surface area contributed by atoms with Crippen LogP contribution < -0.4 is 4.74 Å². The highest BCUT2D eigenvalue weighted by Gasteiger charge is 2.16. The molecule has 0 aliphatic rings. The molecular weight excluding hydrogens is 782 g/mol. The first-order valence-corrected chi connectivity index (χ1v) is 18.9. The Morgan fingerprint density at radius 1 is 0.567 bits per heavy atom. The van der Waals surface area contributed by atoms with Crippen LogP contribution in [0.5, 0.6) is 17.4 Å². The van der Waals surface area contributed by atoms with Gasteiger partial charge >= 0.3 is 0 Å². The van der Waals surface area contributed by atoms with E-state index >= 15 is 0 Å². The molecular formula is C47H39ClF2N8O2. The molecule has 0 amide bonds. The predicted octanol–water partition coefficient (Wildman–Crippen LogP) is 11.6. The third-order valence-electron chi connectivity index (χ3n) is 9.59. The zero-order chi connectivity index (χ0) is 40.9. The Kier molecular flexibility index (Phi) is 12.3. The minimum absolute atomic E-state index is 0. The lowest BCUT2D eigenvalue weighted by Crippen LogP contribution is -2.00. The number of fused-ring (bicyclic) bond motifs is 4. The molecule has 4 aromatic carbocycles. The number of nitrogens with one attached hydrogen (secondary N) is 2. The summed E-state index contributed by atoms with van der Waals surface area (Å²) in [6, 6.07) is 33.3. The van der Waals surface area contributed by atoms with Gasteiger partial charge in [0.15, 0.2) is 28.3 Å². The smallest absolute Gasteiger partial charge is 0.246 e. The second kappa shape index (κ2) is 18.1. The molecule has 10 nitrogen and oxygen atoms in total. The van der Waals surface area contributed by atoms with Crippen LogP contribution in [0.2, 0.25) is 5.15 Å². The van der Waals surface area contributed by atoms with Gasteiger partial charge in [-0.3, -0.25) is 9.97 Å². The number of hydrogen-bond acceptors (Lipinski definition) is 8. The molecule has 6 heterocycles. The lowest BCUT2D eigenvalue weighted by molar-refractivity contribution is 0.429. The number of phenolic OH excluding ortho intramolecular Hbond substituents is 1. The molecule has 0 saturated heterocycles. The number of rotatable bonds is 6. The normalized spacial score (nSPS) is 10.8. The van der Waals surface area contributed by atoms with Crippen molar-refractivity contribution in [1.29, 1.82) is 0 Å². The molecule has 3 N–H and O–H groups in total. The number of aromatic amines is 2. The summed E-state index contributed by atoms with van der Waals surface area (Å²) in [7, 11) is 0. The maximum atomic E-state index is 14.9. The number of hydrogen-bond donors (Lipinski definition) is 3. The molecule has 0 fully saturated rings. The van der Waals surface area contributed by atoms with E-state index in [0.29, 0.717) is 27.9 Å². The first-order valence-electron chi connectivity index (χ1n) is 18.6. The molecule has 60 heavy (non-hydrogen) atoms. The fourth-order valence-electron chi connectivity index (χ4n) is 6.75. The summed E-state index contributed by atoms with van der Waals surface area (Å²) in [5, 5.41) is 31.0. The number of H-pyrrole nitrogens is 2. The Hall–Kier alpha value is -7.31. The number of aromatic hydroxyl groups is 1. The number of ether oxygens (including phenoxy) is 1. The van der Waals surface area contributed by atoms with Crippen LogP contribution in [-0.2, 0) is 12.8 Å². The van der Waals surface area contributed by atoms with Gasteiger partial charge in [-0.05, 0) is 91.7 Å². The summed E-state index contributed by atoms with van der Waals surface area (Å²) in [6.07, 6.45) is 8.42. The van der Waals surface area contributed by atoms with Gasteiger partial charge in [-0.15, -0.1) is 10.2 Å². The molecule has 10 aromatic rings. The number of pyridine rings is 2. The van der Waals surface area contributed by atoms with E-state index in [4.69, 9.17) is 21.4 Å². The van der Waals surface area contributed by atoms with Crippen molar-refractivity contribution in [1.82, 2.24) is 40.3 Å². The maximum Gasteiger partial charge on any atom is 0.246 e. The average Bonchev–Trinajstić information content (AvgIpc) is 3.85. The highest BCUT2D eigenvalue weighted by Crippen LogP contribution is 2.34. The summed E-state index contributed by atoms with van der Waals surface area (Å²) in [4.78, 5) is 14.2. The van der Waals surface area contributed by atoms with Crippen molar-refractivity contribution in [3.63, 3.8) is 0 Å². The first kappa shape index (κ1) is 40.9. The largest absolute Gasteiger partial charge is 0.505 e. The summed E-state index contributed by atoms with van der Waals surface area (Å²) in [5.41, 5.74) is 7.23. The molecule has 13 heteroatoms. The molecule has 0 aliphatic heterocycles. The molecule has 300 valence electrons. The third kappa shape index (κ3) is 8.88. The Morgan fingerprint density at radius 3 is 1.63 bits per heavy atom. The predicted molar refractivity (Wildman–Crippen MR) is 233 cm³/mol. The van der Waals surface area contributed by atoms with Crippen LogP contribution in [0.3, 0.4) is 0 Å². The molecule has 0 saturated carbocycles. The molecule has 0 radical (unpaired) electrons. The van der Waals surface area contributed by atoms with Crippen LogP contribution in [0, 0.1) is 25.5 Å². The second-order valence-electron chi connectivity index (χ2n) is 13.8. The van der Waals surface area contributed by atoms with Crippen LogP contribution in [0.1, 0.15) is 41.3 Å². The fraction of sp³-hybridized carbons (Fsp3) is 0.106. The molecule has 10 rings (SSSR count). The van der Waals surface area contributed by atoms with E-state index in [-0.39, 0.29) is 24.8 Å². The highest BCUT2D eigenvalue weighted by atomic mass is 35.5. The van der Waals surface area contributed by atoms with Crippen LogP contribution in [0.15, 0.2) is 134 Å². The topological polar surface area (TPSA) is 138 Å². The lowest BCUT2D eigenvalue weighted by atomic mass is 10.1. The Balaban J connectivity index is 0.000000149. The zero-order valence-corrected chi connectivity index (χ0v) is 32.5. The molecule has 0 unspecified atom stereocenters. The summed E-state index contributed by atoms with van der Waals surface area (Å²) in [6.45, 7) is 3.73. The fourth-order valence-corrected chi connectivity index (χ4v) is 6.96. The third-order valence-corrected chi connectivity index (χ3v) is 9.87. The number of benzene rings is 4. The van der Waals surface area contributed by atoms with E-state index in [0.717, 1.165) is 67.4 Å². The van der Waals surface area contributed by atoms with Crippen LogP contribution in [-0.4, -0.2) is 45.4 Å². The Labute approximate surface area is 349 Å².